The highest BCUT2D eigenvalue weighted by Crippen LogP contribution is 2.24. The predicted octanol–water partition coefficient (Wildman–Crippen LogP) is 2.45. The fourth-order valence-electron chi connectivity index (χ4n) is 2.04. The molecule has 1 N–H and O–H groups in total. The lowest BCUT2D eigenvalue weighted by Crippen LogP contribution is -2.42. The van der Waals surface area contributed by atoms with Crippen molar-refractivity contribution in [2.45, 2.75) is 25.9 Å². The first kappa shape index (κ1) is 12.9. The highest BCUT2D eigenvalue weighted by molar-refractivity contribution is 7.99. The molecule has 1 unspecified atom stereocenters. The Kier molecular flexibility index (Phi) is 4.48. The lowest BCUT2D eigenvalue weighted by Gasteiger charge is -2.34. The van der Waals surface area contributed by atoms with Gasteiger partial charge < -0.3 is 5.11 Å². The van der Waals surface area contributed by atoms with E-state index in [-0.39, 0.29) is 12.5 Å². The van der Waals surface area contributed by atoms with Crippen LogP contribution in [-0.2, 0) is 11.3 Å². The van der Waals surface area contributed by atoms with Crippen LogP contribution < -0.4 is 0 Å². The maximum absolute atomic E-state index is 10.8. The Morgan fingerprint density at radius 3 is 3.12 bits per heavy atom. The number of hydrogen-bond acceptors (Lipinski definition) is 4. The minimum atomic E-state index is -0.689. The average molecular weight is 271 g/mol. The Labute approximate surface area is 110 Å². The van der Waals surface area contributed by atoms with Gasteiger partial charge in [-0.3, -0.25) is 9.69 Å². The highest BCUT2D eigenvalue weighted by atomic mass is 32.2. The Bertz CT molecular complexity index is 392. The predicted molar refractivity (Wildman–Crippen MR) is 72.8 cm³/mol. The molecule has 0 amide bonds. The van der Waals surface area contributed by atoms with Gasteiger partial charge in [0.05, 0.1) is 6.42 Å². The van der Waals surface area contributed by atoms with Crippen LogP contribution in [-0.4, -0.2) is 40.1 Å². The summed E-state index contributed by atoms with van der Waals surface area (Å²) in [4.78, 5) is 14.5. The molecule has 1 atom stereocenters. The maximum atomic E-state index is 10.8. The molecule has 0 aromatic carbocycles. The molecular formula is C12H17NO2S2. The molecule has 1 aliphatic heterocycles. The van der Waals surface area contributed by atoms with E-state index in [1.807, 2.05) is 11.8 Å². The van der Waals surface area contributed by atoms with Gasteiger partial charge in [0.15, 0.2) is 0 Å². The minimum absolute atomic E-state index is 0.188. The minimum Gasteiger partial charge on any atom is -0.481 e. The lowest BCUT2D eigenvalue weighted by molar-refractivity contribution is -0.138. The number of carboxylic acids is 1. The van der Waals surface area contributed by atoms with E-state index in [2.05, 4.69) is 23.3 Å². The summed E-state index contributed by atoms with van der Waals surface area (Å²) < 4.78 is 0. The van der Waals surface area contributed by atoms with Crippen molar-refractivity contribution in [3.05, 3.63) is 21.9 Å². The third-order valence-electron chi connectivity index (χ3n) is 3.07. The number of carboxylic acid groups (broad SMARTS) is 1. The second kappa shape index (κ2) is 5.89. The molecule has 17 heavy (non-hydrogen) atoms. The van der Waals surface area contributed by atoms with Crippen molar-refractivity contribution in [1.29, 1.82) is 0 Å². The van der Waals surface area contributed by atoms with Crippen LogP contribution in [0.2, 0.25) is 0 Å². The van der Waals surface area contributed by atoms with E-state index >= 15 is 0 Å². The molecule has 0 bridgehead atoms. The molecule has 3 nitrogen and oxygen atoms in total. The maximum Gasteiger partial charge on any atom is 0.304 e. The zero-order chi connectivity index (χ0) is 12.3. The summed E-state index contributed by atoms with van der Waals surface area (Å²) in [5, 5.41) is 11.0. The normalized spacial score (nSPS) is 21.6. The molecule has 1 aliphatic rings. The van der Waals surface area contributed by atoms with E-state index in [0.29, 0.717) is 0 Å². The Morgan fingerprint density at radius 1 is 1.65 bits per heavy atom. The summed E-state index contributed by atoms with van der Waals surface area (Å²) in [5.41, 5.74) is 1.32. The van der Waals surface area contributed by atoms with Gasteiger partial charge in [-0.15, -0.1) is 11.3 Å². The van der Waals surface area contributed by atoms with E-state index in [9.17, 15) is 4.79 Å². The number of aryl methyl sites for hydroxylation is 1. The van der Waals surface area contributed by atoms with Crippen LogP contribution in [0.15, 0.2) is 11.4 Å². The standard InChI is InChI=1S/C12H17NO2S2/c1-9-2-4-17-11(9)7-13-3-5-16-8-10(13)6-12(14)15/h2,4,10H,3,5-8H2,1H3,(H,14,15). The molecular weight excluding hydrogens is 254 g/mol. The Balaban J connectivity index is 2.01. The van der Waals surface area contributed by atoms with Gasteiger partial charge in [-0.1, -0.05) is 0 Å². The molecule has 1 aromatic rings. The van der Waals surface area contributed by atoms with Gasteiger partial charge in [0, 0.05) is 35.5 Å². The quantitative estimate of drug-likeness (QED) is 0.913. The van der Waals surface area contributed by atoms with Crippen LogP contribution in [0.3, 0.4) is 0 Å². The molecule has 1 saturated heterocycles. The first-order valence-electron chi connectivity index (χ1n) is 5.73. The molecule has 1 fully saturated rings. The number of aliphatic carboxylic acids is 1. The number of nitrogens with zero attached hydrogens (tertiary/aromatic N) is 1. The molecule has 0 radical (unpaired) electrons. The summed E-state index contributed by atoms with van der Waals surface area (Å²) in [6.07, 6.45) is 0.261. The van der Waals surface area contributed by atoms with Crippen molar-refractivity contribution in [2.24, 2.45) is 0 Å². The van der Waals surface area contributed by atoms with Crippen molar-refractivity contribution in [3.63, 3.8) is 0 Å². The number of thioether (sulfide) groups is 1. The first-order valence-corrected chi connectivity index (χ1v) is 7.77. The molecule has 2 heterocycles. The molecule has 0 saturated carbocycles. The van der Waals surface area contributed by atoms with Crippen molar-refractivity contribution in [1.82, 2.24) is 4.90 Å². The van der Waals surface area contributed by atoms with Crippen molar-refractivity contribution in [2.75, 3.05) is 18.1 Å². The van der Waals surface area contributed by atoms with Crippen molar-refractivity contribution in [3.8, 4) is 0 Å². The van der Waals surface area contributed by atoms with E-state index in [4.69, 9.17) is 5.11 Å². The van der Waals surface area contributed by atoms with Gasteiger partial charge in [0.1, 0.15) is 0 Å². The Morgan fingerprint density at radius 2 is 2.47 bits per heavy atom. The molecule has 5 heteroatoms. The van der Waals surface area contributed by atoms with Crippen LogP contribution in [0, 0.1) is 6.92 Å². The lowest BCUT2D eigenvalue weighted by atomic mass is 10.2. The first-order chi connectivity index (χ1) is 8.16. The topological polar surface area (TPSA) is 40.5 Å². The van der Waals surface area contributed by atoms with Gasteiger partial charge >= 0.3 is 5.97 Å². The second-order valence-electron chi connectivity index (χ2n) is 4.32. The van der Waals surface area contributed by atoms with E-state index in [1.54, 1.807) is 11.3 Å². The monoisotopic (exact) mass is 271 g/mol. The number of rotatable bonds is 4. The average Bonchev–Trinajstić information content (AvgIpc) is 2.67. The van der Waals surface area contributed by atoms with E-state index < -0.39 is 5.97 Å². The molecule has 0 aliphatic carbocycles. The van der Waals surface area contributed by atoms with Crippen LogP contribution >= 0.6 is 23.1 Å². The third kappa shape index (κ3) is 3.47. The van der Waals surface area contributed by atoms with Gasteiger partial charge in [-0.05, 0) is 23.9 Å². The van der Waals surface area contributed by atoms with Crippen LogP contribution in [0.1, 0.15) is 16.9 Å². The highest BCUT2D eigenvalue weighted by Gasteiger charge is 2.25. The number of carbonyl (C=O) groups is 1. The number of hydrogen-bond donors (Lipinski definition) is 1. The molecule has 2 rings (SSSR count). The summed E-state index contributed by atoms with van der Waals surface area (Å²) in [6, 6.07) is 2.32. The van der Waals surface area contributed by atoms with Gasteiger partial charge in [-0.2, -0.15) is 11.8 Å². The van der Waals surface area contributed by atoms with Gasteiger partial charge in [-0.25, -0.2) is 0 Å². The second-order valence-corrected chi connectivity index (χ2v) is 6.47. The van der Waals surface area contributed by atoms with Crippen LogP contribution in [0.5, 0.6) is 0 Å². The largest absolute Gasteiger partial charge is 0.481 e. The van der Waals surface area contributed by atoms with Gasteiger partial charge in [0.25, 0.3) is 0 Å². The fraction of sp³-hybridized carbons (Fsp3) is 0.583. The summed E-state index contributed by atoms with van der Waals surface area (Å²) in [7, 11) is 0. The zero-order valence-corrected chi connectivity index (χ0v) is 11.5. The molecule has 1 aromatic heterocycles. The van der Waals surface area contributed by atoms with Gasteiger partial charge in [0.2, 0.25) is 0 Å². The van der Waals surface area contributed by atoms with E-state index in [1.165, 1.54) is 10.4 Å². The zero-order valence-electron chi connectivity index (χ0n) is 9.89. The van der Waals surface area contributed by atoms with Crippen LogP contribution in [0.4, 0.5) is 0 Å². The Hall–Kier alpha value is -0.520. The fourth-order valence-corrected chi connectivity index (χ4v) is 4.10. The summed E-state index contributed by atoms with van der Waals surface area (Å²) in [5.74, 6) is 1.36. The molecule has 94 valence electrons. The summed E-state index contributed by atoms with van der Waals surface area (Å²) >= 11 is 3.63. The smallest absolute Gasteiger partial charge is 0.304 e. The third-order valence-corrected chi connectivity index (χ3v) is 5.17. The van der Waals surface area contributed by atoms with E-state index in [0.717, 1.165) is 24.6 Å². The number of thiophene rings is 1. The molecule has 0 spiro atoms. The SMILES string of the molecule is Cc1ccsc1CN1CCSCC1CC(=O)O. The van der Waals surface area contributed by atoms with Crippen LogP contribution in [0.25, 0.3) is 0 Å². The van der Waals surface area contributed by atoms with Crippen molar-refractivity contribution < 1.29 is 9.90 Å². The van der Waals surface area contributed by atoms with Crippen molar-refractivity contribution >= 4 is 29.1 Å². The summed E-state index contributed by atoms with van der Waals surface area (Å²) in [6.45, 7) is 4.03.